The van der Waals surface area contributed by atoms with E-state index in [-0.39, 0.29) is 28.5 Å². The molecule has 2 aromatic rings. The van der Waals surface area contributed by atoms with Gasteiger partial charge in [-0.3, -0.25) is 4.98 Å². The molecule has 260 valence electrons. The highest BCUT2D eigenvalue weighted by atomic mass is 19.4. The van der Waals surface area contributed by atoms with Gasteiger partial charge in [-0.25, -0.2) is 0 Å². The number of hydrogen-bond acceptors (Lipinski definition) is 3. The number of benzene rings is 1. The zero-order valence-corrected chi connectivity index (χ0v) is 29.1. The molecule has 1 fully saturated rings. The molecule has 0 radical (unpaired) electrons. The normalized spacial score (nSPS) is 20.3. The summed E-state index contributed by atoms with van der Waals surface area (Å²) in [6.07, 6.45) is -1.55. The van der Waals surface area contributed by atoms with E-state index in [2.05, 4.69) is 59.1 Å². The maximum atomic E-state index is 13.6. The molecule has 1 aliphatic carbocycles. The van der Waals surface area contributed by atoms with Gasteiger partial charge in [0.05, 0.1) is 11.1 Å². The van der Waals surface area contributed by atoms with E-state index in [1.807, 2.05) is 20.0 Å². The molecule has 0 saturated carbocycles. The number of allylic oxidation sites excluding steroid dienone is 2. The van der Waals surface area contributed by atoms with E-state index in [4.69, 9.17) is 4.98 Å². The monoisotopic (exact) mass is 664 g/mol. The number of aromatic nitrogens is 1. The number of carbonyl (C=O) groups excluding carboxylic acids is 1. The number of aldehydes is 1. The first-order chi connectivity index (χ1) is 21.6. The molecule has 1 aromatic heterocycles. The van der Waals surface area contributed by atoms with Crippen molar-refractivity contribution >= 4 is 11.9 Å². The second-order valence-electron chi connectivity index (χ2n) is 15.0. The van der Waals surface area contributed by atoms with Crippen LogP contribution in [0.15, 0.2) is 48.3 Å². The highest BCUT2D eigenvalue weighted by Crippen LogP contribution is 2.47. The van der Waals surface area contributed by atoms with Gasteiger partial charge in [-0.15, -0.1) is 0 Å². The third kappa shape index (κ3) is 9.96. The minimum atomic E-state index is -4.88. The second kappa shape index (κ2) is 14.6. The van der Waals surface area contributed by atoms with Crippen LogP contribution in [0.5, 0.6) is 0 Å². The lowest BCUT2D eigenvalue weighted by atomic mass is 9.72. The number of halogens is 6. The van der Waals surface area contributed by atoms with Crippen molar-refractivity contribution in [3.63, 3.8) is 0 Å². The average molecular weight is 665 g/mol. The lowest BCUT2D eigenvalue weighted by molar-refractivity contribution is -0.143. The number of carbonyl (C=O) groups is 1. The predicted molar refractivity (Wildman–Crippen MR) is 177 cm³/mol. The van der Waals surface area contributed by atoms with Crippen molar-refractivity contribution in [2.45, 2.75) is 125 Å². The number of hydrogen-bond donors (Lipinski definition) is 0. The molecule has 2 aliphatic rings. The van der Waals surface area contributed by atoms with Gasteiger partial charge in [-0.1, -0.05) is 55.0 Å². The molecule has 0 amide bonds. The molecule has 2 atom stereocenters. The number of pyridine rings is 1. The van der Waals surface area contributed by atoms with Crippen LogP contribution in [0.2, 0.25) is 0 Å². The molecule has 47 heavy (non-hydrogen) atoms. The van der Waals surface area contributed by atoms with Crippen molar-refractivity contribution in [1.29, 1.82) is 0 Å². The third-order valence-corrected chi connectivity index (χ3v) is 9.09. The van der Waals surface area contributed by atoms with Crippen LogP contribution in [0.25, 0.3) is 5.57 Å². The average Bonchev–Trinajstić information content (AvgIpc) is 3.23. The summed E-state index contributed by atoms with van der Waals surface area (Å²) in [5.74, 6) is -0.542. The van der Waals surface area contributed by atoms with Crippen LogP contribution in [-0.4, -0.2) is 28.8 Å². The second-order valence-corrected chi connectivity index (χ2v) is 15.0. The molecule has 1 aliphatic heterocycles. The summed E-state index contributed by atoms with van der Waals surface area (Å²) in [6, 6.07) is 3.90. The fourth-order valence-corrected chi connectivity index (χ4v) is 6.78. The lowest BCUT2D eigenvalue weighted by Crippen LogP contribution is -2.33. The Kier molecular flexibility index (Phi) is 11.9. The molecule has 0 N–H and O–H groups in total. The zero-order chi connectivity index (χ0) is 35.5. The van der Waals surface area contributed by atoms with Crippen molar-refractivity contribution in [2.75, 3.05) is 6.54 Å². The number of likely N-dealkylation sites (tertiary alicyclic amines) is 1. The summed E-state index contributed by atoms with van der Waals surface area (Å²) in [6.45, 7) is 21.7. The Labute approximate surface area is 276 Å². The van der Waals surface area contributed by atoms with Gasteiger partial charge in [0.2, 0.25) is 0 Å². The zero-order valence-electron chi connectivity index (χ0n) is 29.1. The molecule has 1 saturated heterocycles. The fraction of sp³-hybridized carbons (Fsp3) is 0.579. The van der Waals surface area contributed by atoms with Crippen LogP contribution in [0.1, 0.15) is 127 Å². The van der Waals surface area contributed by atoms with E-state index < -0.39 is 29.4 Å². The topological polar surface area (TPSA) is 33.2 Å². The Morgan fingerprint density at radius 2 is 1.57 bits per heavy atom. The van der Waals surface area contributed by atoms with Crippen LogP contribution in [-0.2, 0) is 30.0 Å². The summed E-state index contributed by atoms with van der Waals surface area (Å²) in [5.41, 5.74) is 4.29. The molecular formula is C38H50F6N2O. The molecular weight excluding hydrogens is 614 g/mol. The Bertz CT molecular complexity index is 1430. The van der Waals surface area contributed by atoms with Gasteiger partial charge in [0.15, 0.2) is 0 Å². The minimum Gasteiger partial charge on any atom is -0.368 e. The number of alkyl halides is 6. The van der Waals surface area contributed by atoms with Crippen LogP contribution >= 0.6 is 0 Å². The molecule has 0 bridgehead atoms. The quantitative estimate of drug-likeness (QED) is 0.218. The van der Waals surface area contributed by atoms with Crippen molar-refractivity contribution in [3.05, 3.63) is 81.8 Å². The van der Waals surface area contributed by atoms with E-state index in [1.165, 1.54) is 16.7 Å². The largest absolute Gasteiger partial charge is 0.416 e. The van der Waals surface area contributed by atoms with Gasteiger partial charge < -0.3 is 9.69 Å². The molecule has 2 unspecified atom stereocenters. The number of aryl methyl sites for hydroxylation is 1. The molecule has 1 aromatic carbocycles. The van der Waals surface area contributed by atoms with Crippen molar-refractivity contribution in [3.8, 4) is 0 Å². The predicted octanol–water partition coefficient (Wildman–Crippen LogP) is 11.2. The van der Waals surface area contributed by atoms with E-state index >= 15 is 0 Å². The number of nitrogens with zero attached hydrogens (tertiary/aromatic N) is 2. The molecule has 4 rings (SSSR count). The highest BCUT2D eigenvalue weighted by Gasteiger charge is 2.41. The van der Waals surface area contributed by atoms with E-state index in [0.717, 1.165) is 67.5 Å². The van der Waals surface area contributed by atoms with Gasteiger partial charge in [0.25, 0.3) is 0 Å². The third-order valence-electron chi connectivity index (χ3n) is 9.09. The first-order valence-electron chi connectivity index (χ1n) is 16.5. The van der Waals surface area contributed by atoms with Crippen LogP contribution in [0, 0.1) is 10.8 Å². The summed E-state index contributed by atoms with van der Waals surface area (Å²) in [5, 5.41) is 0. The first kappa shape index (κ1) is 38.3. The van der Waals surface area contributed by atoms with E-state index in [0.29, 0.717) is 19.4 Å². The summed E-state index contributed by atoms with van der Waals surface area (Å²) in [7, 11) is 0. The van der Waals surface area contributed by atoms with E-state index in [9.17, 15) is 31.1 Å². The van der Waals surface area contributed by atoms with Gasteiger partial charge in [-0.2, -0.15) is 26.3 Å². The van der Waals surface area contributed by atoms with Crippen LogP contribution in [0.3, 0.4) is 0 Å². The fourth-order valence-electron chi connectivity index (χ4n) is 6.78. The summed E-state index contributed by atoms with van der Waals surface area (Å²) < 4.78 is 81.8. The standard InChI is InChI=1S/C35H44F6N2.C3H6O/c1-9-31-30(13-23(19-42-31)17-32(4,5)6)28-10-11-33(7,8)18-25(28)20-43-21(2)12-29(22(43)3)24-14-26(34(36,37)38)16-27(15-24)35(39,40)41;1-2-3-4/h13-16,19,22,29H,2,9-12,17-18,20H2,1,3-8H3;3H,2H2,1H3. The Hall–Kier alpha value is -3.10. The Morgan fingerprint density at radius 3 is 2.06 bits per heavy atom. The van der Waals surface area contributed by atoms with Gasteiger partial charge in [0, 0.05) is 42.5 Å². The maximum absolute atomic E-state index is 13.6. The Balaban J connectivity index is 0.00000142. The molecule has 3 nitrogen and oxygen atoms in total. The van der Waals surface area contributed by atoms with E-state index in [1.54, 1.807) is 0 Å². The Morgan fingerprint density at radius 1 is 1.00 bits per heavy atom. The van der Waals surface area contributed by atoms with Crippen molar-refractivity contribution in [1.82, 2.24) is 9.88 Å². The molecule has 2 heterocycles. The minimum absolute atomic E-state index is 0.0452. The maximum Gasteiger partial charge on any atom is 0.416 e. The van der Waals surface area contributed by atoms with Gasteiger partial charge in [-0.05, 0) is 108 Å². The SMILES string of the molecule is C=C1CC(c2cc(C(F)(F)F)cc(C(F)(F)F)c2)C(C)N1CC1=C(c2cc(CC(C)(C)C)cnc2CC)CCC(C)(C)C1.CCC=O. The van der Waals surface area contributed by atoms with Gasteiger partial charge in [0.1, 0.15) is 6.29 Å². The van der Waals surface area contributed by atoms with Crippen LogP contribution < -0.4 is 0 Å². The van der Waals surface area contributed by atoms with Crippen LogP contribution in [0.4, 0.5) is 26.3 Å². The van der Waals surface area contributed by atoms with Gasteiger partial charge >= 0.3 is 12.4 Å². The smallest absolute Gasteiger partial charge is 0.368 e. The summed E-state index contributed by atoms with van der Waals surface area (Å²) >= 11 is 0. The molecule has 0 spiro atoms. The van der Waals surface area contributed by atoms with Crippen molar-refractivity contribution < 1.29 is 31.1 Å². The lowest BCUT2D eigenvalue weighted by Gasteiger charge is -2.37. The molecule has 9 heteroatoms. The number of rotatable bonds is 7. The first-order valence-corrected chi connectivity index (χ1v) is 16.5. The highest BCUT2D eigenvalue weighted by molar-refractivity contribution is 5.72. The van der Waals surface area contributed by atoms with Crippen molar-refractivity contribution in [2.24, 2.45) is 10.8 Å². The summed E-state index contributed by atoms with van der Waals surface area (Å²) in [4.78, 5) is 16.1.